The summed E-state index contributed by atoms with van der Waals surface area (Å²) in [5.74, 6) is -0.236. The average molecular weight is 478 g/mol. The van der Waals surface area contributed by atoms with E-state index in [1.165, 1.54) is 14.2 Å². The number of carbonyl (C=O) groups is 2. The number of hydrogen-bond acceptors (Lipinski definition) is 8. The van der Waals surface area contributed by atoms with Crippen LogP contribution in [0.5, 0.6) is 11.5 Å². The lowest BCUT2D eigenvalue weighted by molar-refractivity contribution is -0.0754. The number of hydrogen-bond donors (Lipinski definition) is 0. The molecule has 8 heteroatoms. The Labute approximate surface area is 203 Å². The van der Waals surface area contributed by atoms with Crippen LogP contribution in [0.1, 0.15) is 32.6 Å². The molecule has 0 saturated carbocycles. The second-order valence-electron chi connectivity index (χ2n) is 7.69. The Bertz CT molecular complexity index is 1080. The summed E-state index contributed by atoms with van der Waals surface area (Å²) in [4.78, 5) is 24.2. The molecule has 1 aliphatic heterocycles. The molecule has 1 heterocycles. The molecule has 1 saturated heterocycles. The smallest absolute Gasteiger partial charge is 0.341 e. The maximum atomic E-state index is 12.1. The molecule has 0 amide bonds. The van der Waals surface area contributed by atoms with Gasteiger partial charge in [0.2, 0.25) is 0 Å². The molecule has 2 atom stereocenters. The fraction of sp³-hybridized carbons (Fsp3) is 0.259. The van der Waals surface area contributed by atoms with Gasteiger partial charge >= 0.3 is 11.9 Å². The summed E-state index contributed by atoms with van der Waals surface area (Å²) in [6.07, 6.45) is -1.66. The lowest BCUT2D eigenvalue weighted by Gasteiger charge is -2.19. The highest BCUT2D eigenvalue weighted by Gasteiger charge is 2.38. The molecule has 3 aromatic carbocycles. The summed E-state index contributed by atoms with van der Waals surface area (Å²) in [6.45, 7) is 0.202. The van der Waals surface area contributed by atoms with Crippen molar-refractivity contribution in [3.63, 3.8) is 0 Å². The number of esters is 2. The fourth-order valence-corrected chi connectivity index (χ4v) is 3.67. The third-order valence-electron chi connectivity index (χ3n) is 5.47. The van der Waals surface area contributed by atoms with Crippen molar-refractivity contribution in [3.05, 3.63) is 95.6 Å². The second kappa shape index (κ2) is 11.5. The van der Waals surface area contributed by atoms with Crippen LogP contribution in [0.15, 0.2) is 78.9 Å². The van der Waals surface area contributed by atoms with E-state index < -0.39 is 30.4 Å². The average Bonchev–Trinajstić information content (AvgIpc) is 3.33. The molecule has 0 radical (unpaired) electrons. The van der Waals surface area contributed by atoms with Crippen LogP contribution in [0.2, 0.25) is 0 Å². The van der Waals surface area contributed by atoms with Crippen LogP contribution in [-0.4, -0.2) is 51.6 Å². The largest absolute Gasteiger partial charge is 0.490 e. The monoisotopic (exact) mass is 478 g/mol. The zero-order valence-corrected chi connectivity index (χ0v) is 19.4. The number of benzene rings is 3. The molecule has 1 fully saturated rings. The summed E-state index contributed by atoms with van der Waals surface area (Å²) in [6, 6.07) is 23.2. The molecule has 4 rings (SSSR count). The van der Waals surface area contributed by atoms with Gasteiger partial charge in [0.15, 0.2) is 6.29 Å². The SMILES string of the molecule is COC(=O)c1ccccc1OC[C@@H]1OC(c2ccccc2)O[C@H]1COc1ccccc1C(=O)OC. The fourth-order valence-electron chi connectivity index (χ4n) is 3.67. The summed E-state index contributed by atoms with van der Waals surface area (Å²) in [7, 11) is 2.63. The molecule has 182 valence electrons. The Hall–Kier alpha value is -3.88. The molecular weight excluding hydrogens is 452 g/mol. The van der Waals surface area contributed by atoms with Crippen LogP contribution in [0, 0.1) is 0 Å². The Balaban J connectivity index is 1.50. The van der Waals surface area contributed by atoms with Crippen LogP contribution in [-0.2, 0) is 18.9 Å². The predicted molar refractivity (Wildman–Crippen MR) is 125 cm³/mol. The third-order valence-corrected chi connectivity index (χ3v) is 5.47. The van der Waals surface area contributed by atoms with Gasteiger partial charge in [-0.15, -0.1) is 0 Å². The molecular formula is C27H26O8. The summed E-state index contributed by atoms with van der Waals surface area (Å²) in [5, 5.41) is 0. The van der Waals surface area contributed by atoms with E-state index in [0.717, 1.165) is 5.56 Å². The van der Waals surface area contributed by atoms with E-state index in [2.05, 4.69) is 0 Å². The van der Waals surface area contributed by atoms with Crippen molar-refractivity contribution < 1.29 is 38.0 Å². The topological polar surface area (TPSA) is 89.5 Å². The molecule has 3 aromatic rings. The first-order valence-corrected chi connectivity index (χ1v) is 11.1. The van der Waals surface area contributed by atoms with Crippen molar-refractivity contribution in [2.45, 2.75) is 18.5 Å². The van der Waals surface area contributed by atoms with Crippen LogP contribution < -0.4 is 9.47 Å². The van der Waals surface area contributed by atoms with Crippen molar-refractivity contribution in [3.8, 4) is 11.5 Å². The van der Waals surface area contributed by atoms with Crippen LogP contribution >= 0.6 is 0 Å². The highest BCUT2D eigenvalue weighted by Crippen LogP contribution is 2.33. The maximum absolute atomic E-state index is 12.1. The van der Waals surface area contributed by atoms with Crippen molar-refractivity contribution in [2.24, 2.45) is 0 Å². The van der Waals surface area contributed by atoms with E-state index >= 15 is 0 Å². The van der Waals surface area contributed by atoms with E-state index in [1.54, 1.807) is 48.5 Å². The van der Waals surface area contributed by atoms with E-state index in [1.807, 2.05) is 30.3 Å². The zero-order chi connectivity index (χ0) is 24.6. The number of ether oxygens (including phenoxy) is 6. The predicted octanol–water partition coefficient (Wildman–Crippen LogP) is 4.20. The summed E-state index contributed by atoms with van der Waals surface area (Å²) >= 11 is 0. The second-order valence-corrected chi connectivity index (χ2v) is 7.69. The van der Waals surface area contributed by atoms with Crippen LogP contribution in [0.25, 0.3) is 0 Å². The lowest BCUT2D eigenvalue weighted by Crippen LogP contribution is -2.34. The van der Waals surface area contributed by atoms with Gasteiger partial charge in [-0.3, -0.25) is 0 Å². The first kappa shape index (κ1) is 24.3. The Morgan fingerprint density at radius 3 is 1.54 bits per heavy atom. The standard InChI is InChI=1S/C27H26O8/c1-30-25(28)19-12-6-8-14-21(19)32-16-23-24(35-27(34-23)18-10-4-3-5-11-18)17-33-22-15-9-7-13-20(22)26(29)31-2/h3-15,23-24,27H,16-17H2,1-2H3/t23-,24-/m0/s1. The van der Waals surface area contributed by atoms with Crippen molar-refractivity contribution in [1.29, 1.82) is 0 Å². The molecule has 0 spiro atoms. The molecule has 0 N–H and O–H groups in total. The van der Waals surface area contributed by atoms with Crippen LogP contribution in [0.3, 0.4) is 0 Å². The van der Waals surface area contributed by atoms with E-state index in [4.69, 9.17) is 28.4 Å². The first-order valence-electron chi connectivity index (χ1n) is 11.1. The van der Waals surface area contributed by atoms with Crippen molar-refractivity contribution in [2.75, 3.05) is 27.4 Å². The quantitative estimate of drug-likeness (QED) is 0.423. The molecule has 0 unspecified atom stereocenters. The number of para-hydroxylation sites is 2. The van der Waals surface area contributed by atoms with Gasteiger partial charge in [-0.05, 0) is 24.3 Å². The minimum Gasteiger partial charge on any atom is -0.490 e. The Morgan fingerprint density at radius 1 is 0.657 bits per heavy atom. The molecule has 0 aromatic heterocycles. The molecule has 8 nitrogen and oxygen atoms in total. The van der Waals surface area contributed by atoms with E-state index in [0.29, 0.717) is 22.6 Å². The molecule has 1 aliphatic rings. The zero-order valence-electron chi connectivity index (χ0n) is 19.4. The van der Waals surface area contributed by atoms with Crippen molar-refractivity contribution >= 4 is 11.9 Å². The van der Waals surface area contributed by atoms with Crippen LogP contribution in [0.4, 0.5) is 0 Å². The third kappa shape index (κ3) is 5.79. The highest BCUT2D eigenvalue weighted by molar-refractivity contribution is 5.92. The summed E-state index contributed by atoms with van der Waals surface area (Å²) < 4.78 is 33.9. The molecule has 0 aliphatic carbocycles. The van der Waals surface area contributed by atoms with Gasteiger partial charge in [0, 0.05) is 5.56 Å². The van der Waals surface area contributed by atoms with Gasteiger partial charge in [0.05, 0.1) is 14.2 Å². The van der Waals surface area contributed by atoms with Gasteiger partial charge in [-0.2, -0.15) is 0 Å². The van der Waals surface area contributed by atoms with E-state index in [-0.39, 0.29) is 13.2 Å². The van der Waals surface area contributed by atoms with Gasteiger partial charge in [0.25, 0.3) is 0 Å². The van der Waals surface area contributed by atoms with Gasteiger partial charge < -0.3 is 28.4 Å². The minimum atomic E-state index is -0.620. The van der Waals surface area contributed by atoms with E-state index in [9.17, 15) is 9.59 Å². The number of carbonyl (C=O) groups excluding carboxylic acids is 2. The summed E-state index contributed by atoms with van der Waals surface area (Å²) in [5.41, 5.74) is 1.48. The first-order chi connectivity index (χ1) is 17.1. The minimum absolute atomic E-state index is 0.101. The molecule has 0 bridgehead atoms. The molecule has 35 heavy (non-hydrogen) atoms. The number of rotatable bonds is 9. The Morgan fingerprint density at radius 2 is 1.09 bits per heavy atom. The van der Waals surface area contributed by atoms with Gasteiger partial charge in [-0.25, -0.2) is 9.59 Å². The normalized spacial score (nSPS) is 17.5. The highest BCUT2D eigenvalue weighted by atomic mass is 16.7. The Kier molecular flexibility index (Phi) is 7.97. The number of methoxy groups -OCH3 is 2. The lowest BCUT2D eigenvalue weighted by atomic mass is 10.2. The van der Waals surface area contributed by atoms with Gasteiger partial charge in [-0.1, -0.05) is 54.6 Å². The van der Waals surface area contributed by atoms with Gasteiger partial charge in [0.1, 0.15) is 48.0 Å². The van der Waals surface area contributed by atoms with Crippen molar-refractivity contribution in [1.82, 2.24) is 0 Å². The maximum Gasteiger partial charge on any atom is 0.341 e.